The van der Waals surface area contributed by atoms with Gasteiger partial charge in [0, 0.05) is 36.4 Å². The molecule has 2 nitrogen and oxygen atoms in total. The maximum absolute atomic E-state index is 6.39. The molecule has 1 N–H and O–H groups in total. The summed E-state index contributed by atoms with van der Waals surface area (Å²) in [7, 11) is 2.11. The Morgan fingerprint density at radius 3 is 2.86 bits per heavy atom. The Morgan fingerprint density at radius 2 is 2.19 bits per heavy atom. The molecule has 0 radical (unpaired) electrons. The maximum Gasteiger partial charge on any atom is 0.0701 e. The van der Waals surface area contributed by atoms with Crippen LogP contribution in [-0.4, -0.2) is 13.6 Å². The van der Waals surface area contributed by atoms with Crippen molar-refractivity contribution in [3.05, 3.63) is 49.6 Å². The van der Waals surface area contributed by atoms with E-state index in [2.05, 4.69) is 57.6 Å². The summed E-state index contributed by atoms with van der Waals surface area (Å²) in [5.41, 5.74) is 3.67. The number of hydrogen-bond donors (Lipinski definition) is 1. The van der Waals surface area contributed by atoms with Gasteiger partial charge in [-0.05, 0) is 58.0 Å². The van der Waals surface area contributed by atoms with E-state index in [1.165, 1.54) is 20.6 Å². The van der Waals surface area contributed by atoms with Gasteiger partial charge in [0.2, 0.25) is 0 Å². The molecular formula is C16H20BrClN2S. The van der Waals surface area contributed by atoms with E-state index in [0.717, 1.165) is 31.1 Å². The summed E-state index contributed by atoms with van der Waals surface area (Å²) in [6, 6.07) is 8.28. The van der Waals surface area contributed by atoms with E-state index in [1.54, 1.807) is 11.3 Å². The molecule has 0 aliphatic carbocycles. The van der Waals surface area contributed by atoms with Crippen LogP contribution in [-0.2, 0) is 13.1 Å². The molecule has 2 aromatic rings. The van der Waals surface area contributed by atoms with E-state index in [4.69, 9.17) is 11.6 Å². The van der Waals surface area contributed by atoms with Gasteiger partial charge in [-0.1, -0.05) is 24.6 Å². The summed E-state index contributed by atoms with van der Waals surface area (Å²) in [6.07, 6.45) is 1.12. The van der Waals surface area contributed by atoms with Gasteiger partial charge in [-0.2, -0.15) is 0 Å². The molecule has 0 fully saturated rings. The smallest absolute Gasteiger partial charge is 0.0701 e. The largest absolute Gasteiger partial charge is 0.370 e. The van der Waals surface area contributed by atoms with Gasteiger partial charge in [0.25, 0.3) is 0 Å². The molecule has 0 aliphatic heterocycles. The first kappa shape index (κ1) is 16.8. The van der Waals surface area contributed by atoms with Crippen LogP contribution in [0.5, 0.6) is 0 Å². The van der Waals surface area contributed by atoms with E-state index in [0.29, 0.717) is 0 Å². The molecule has 0 amide bonds. The van der Waals surface area contributed by atoms with Crippen molar-refractivity contribution in [1.29, 1.82) is 0 Å². The predicted octanol–water partition coefficient (Wildman–Crippen LogP) is 5.30. The Labute approximate surface area is 144 Å². The lowest BCUT2D eigenvalue weighted by atomic mass is 10.1. The zero-order chi connectivity index (χ0) is 15.2. The Bertz CT molecular complexity index is 585. The van der Waals surface area contributed by atoms with Crippen molar-refractivity contribution < 1.29 is 0 Å². The highest BCUT2D eigenvalue weighted by Gasteiger charge is 2.11. The average Bonchev–Trinajstić information content (AvgIpc) is 2.86. The highest BCUT2D eigenvalue weighted by atomic mass is 79.9. The second-order valence-electron chi connectivity index (χ2n) is 5.03. The zero-order valence-corrected chi connectivity index (χ0v) is 15.5. The molecule has 0 saturated carbocycles. The number of anilines is 1. The summed E-state index contributed by atoms with van der Waals surface area (Å²) < 4.78 is 1.17. The molecule has 2 rings (SSSR count). The molecule has 5 heteroatoms. The number of nitrogens with zero attached hydrogens (tertiary/aromatic N) is 1. The summed E-state index contributed by atoms with van der Waals surface area (Å²) >= 11 is 11.6. The second kappa shape index (κ2) is 8.18. The third-order valence-electron chi connectivity index (χ3n) is 3.28. The van der Waals surface area contributed by atoms with Crippen molar-refractivity contribution in [3.8, 4) is 0 Å². The van der Waals surface area contributed by atoms with E-state index in [9.17, 15) is 0 Å². The lowest BCUT2D eigenvalue weighted by Crippen LogP contribution is -2.21. The van der Waals surface area contributed by atoms with Crippen LogP contribution in [0.25, 0.3) is 0 Å². The van der Waals surface area contributed by atoms with Crippen molar-refractivity contribution in [3.63, 3.8) is 0 Å². The summed E-state index contributed by atoms with van der Waals surface area (Å²) in [5.74, 6) is 0. The average molecular weight is 388 g/mol. The van der Waals surface area contributed by atoms with Crippen LogP contribution in [0, 0.1) is 0 Å². The van der Waals surface area contributed by atoms with Gasteiger partial charge in [0.15, 0.2) is 0 Å². The lowest BCUT2D eigenvalue weighted by Gasteiger charge is -2.23. The minimum atomic E-state index is 0.806. The lowest BCUT2D eigenvalue weighted by molar-refractivity contribution is 0.674. The summed E-state index contributed by atoms with van der Waals surface area (Å²) in [4.78, 5) is 2.25. The number of halogens is 2. The topological polar surface area (TPSA) is 15.3 Å². The highest BCUT2D eigenvalue weighted by molar-refractivity contribution is 9.11. The molecule has 21 heavy (non-hydrogen) atoms. The Hall–Kier alpha value is -0.550. The molecular weight excluding hydrogens is 368 g/mol. The first-order valence-electron chi connectivity index (χ1n) is 7.04. The molecule has 1 aromatic carbocycles. The molecule has 0 spiro atoms. The van der Waals surface area contributed by atoms with Crippen LogP contribution >= 0.6 is 38.9 Å². The third kappa shape index (κ3) is 4.71. The van der Waals surface area contributed by atoms with Crippen molar-refractivity contribution in [1.82, 2.24) is 5.32 Å². The molecule has 1 aromatic heterocycles. The van der Waals surface area contributed by atoms with Crippen LogP contribution in [0.4, 0.5) is 5.69 Å². The Morgan fingerprint density at radius 1 is 1.38 bits per heavy atom. The van der Waals surface area contributed by atoms with Gasteiger partial charge in [-0.25, -0.2) is 0 Å². The van der Waals surface area contributed by atoms with Crippen LogP contribution in [0.1, 0.15) is 24.5 Å². The SMILES string of the molecule is CCCNCc1c(Cl)cccc1N(C)Cc1csc(Br)c1. The predicted molar refractivity (Wildman–Crippen MR) is 97.6 cm³/mol. The van der Waals surface area contributed by atoms with E-state index < -0.39 is 0 Å². The Balaban J connectivity index is 2.15. The first-order valence-corrected chi connectivity index (χ1v) is 9.09. The first-order chi connectivity index (χ1) is 10.1. The summed E-state index contributed by atoms with van der Waals surface area (Å²) in [6.45, 7) is 4.86. The minimum absolute atomic E-state index is 0.806. The molecule has 0 atom stereocenters. The molecule has 114 valence electrons. The van der Waals surface area contributed by atoms with Gasteiger partial charge in [0.1, 0.15) is 0 Å². The zero-order valence-electron chi connectivity index (χ0n) is 12.3. The standard InChI is InChI=1S/C16H20BrClN2S/c1-3-7-19-9-13-14(18)5-4-6-15(13)20(2)10-12-8-16(17)21-11-12/h4-6,8,11,19H,3,7,9-10H2,1-2H3. The van der Waals surface area contributed by atoms with Crippen LogP contribution in [0.2, 0.25) is 5.02 Å². The van der Waals surface area contributed by atoms with Gasteiger partial charge >= 0.3 is 0 Å². The normalized spacial score (nSPS) is 10.9. The molecule has 0 aliphatic rings. The molecule has 0 unspecified atom stereocenters. The number of rotatable bonds is 7. The Kier molecular flexibility index (Phi) is 6.55. The monoisotopic (exact) mass is 386 g/mol. The van der Waals surface area contributed by atoms with Crippen LogP contribution in [0.15, 0.2) is 33.4 Å². The maximum atomic E-state index is 6.39. The highest BCUT2D eigenvalue weighted by Crippen LogP contribution is 2.29. The van der Waals surface area contributed by atoms with E-state index in [1.807, 2.05) is 12.1 Å². The fraction of sp³-hybridized carbons (Fsp3) is 0.375. The summed E-state index contributed by atoms with van der Waals surface area (Å²) in [5, 5.41) is 6.45. The molecule has 0 saturated heterocycles. The number of nitrogens with one attached hydrogen (secondary N) is 1. The van der Waals surface area contributed by atoms with Crippen molar-refractivity contribution >= 4 is 44.6 Å². The van der Waals surface area contributed by atoms with Gasteiger partial charge in [-0.3, -0.25) is 0 Å². The minimum Gasteiger partial charge on any atom is -0.370 e. The number of thiophene rings is 1. The van der Waals surface area contributed by atoms with E-state index >= 15 is 0 Å². The van der Waals surface area contributed by atoms with Gasteiger partial charge in [0.05, 0.1) is 3.79 Å². The molecule has 1 heterocycles. The molecule has 0 bridgehead atoms. The van der Waals surface area contributed by atoms with Crippen LogP contribution in [0.3, 0.4) is 0 Å². The number of benzene rings is 1. The van der Waals surface area contributed by atoms with Crippen molar-refractivity contribution in [2.45, 2.75) is 26.4 Å². The quantitative estimate of drug-likeness (QED) is 0.648. The van der Waals surface area contributed by atoms with Crippen molar-refractivity contribution in [2.75, 3.05) is 18.5 Å². The van der Waals surface area contributed by atoms with Crippen molar-refractivity contribution in [2.24, 2.45) is 0 Å². The fourth-order valence-electron chi connectivity index (χ4n) is 2.26. The van der Waals surface area contributed by atoms with E-state index in [-0.39, 0.29) is 0 Å². The van der Waals surface area contributed by atoms with Crippen LogP contribution < -0.4 is 10.2 Å². The third-order valence-corrected chi connectivity index (χ3v) is 5.18. The number of hydrogen-bond acceptors (Lipinski definition) is 3. The second-order valence-corrected chi connectivity index (χ2v) is 7.73. The van der Waals surface area contributed by atoms with Gasteiger partial charge in [-0.15, -0.1) is 11.3 Å². The van der Waals surface area contributed by atoms with Gasteiger partial charge < -0.3 is 10.2 Å². The fourth-order valence-corrected chi connectivity index (χ4v) is 3.69.